The number of rotatable bonds is 2. The van der Waals surface area contributed by atoms with Crippen molar-refractivity contribution in [3.8, 4) is 11.5 Å². The van der Waals surface area contributed by atoms with Crippen molar-refractivity contribution >= 4 is 11.2 Å². The lowest BCUT2D eigenvalue weighted by molar-refractivity contribution is 0.537. The van der Waals surface area contributed by atoms with Crippen LogP contribution in [0.15, 0.2) is 24.8 Å². The van der Waals surface area contributed by atoms with Gasteiger partial charge in [-0.15, -0.1) is 0 Å². The summed E-state index contributed by atoms with van der Waals surface area (Å²) in [6.07, 6.45) is 4.98. The molecule has 0 aliphatic heterocycles. The quantitative estimate of drug-likeness (QED) is 0.725. The Kier molecular flexibility index (Phi) is 2.14. The van der Waals surface area contributed by atoms with E-state index in [1.54, 1.807) is 12.4 Å². The van der Waals surface area contributed by atoms with Crippen LogP contribution in [0.5, 0.6) is 0 Å². The van der Waals surface area contributed by atoms with Gasteiger partial charge in [0.25, 0.3) is 0 Å². The van der Waals surface area contributed by atoms with Gasteiger partial charge in [0.05, 0.1) is 6.20 Å². The maximum absolute atomic E-state index is 4.43. The number of nitrogens with zero attached hydrogens (tertiary/aromatic N) is 5. The molecule has 3 rings (SSSR count). The average Bonchev–Trinajstić information content (AvgIpc) is 2.95. The fourth-order valence-corrected chi connectivity index (χ4v) is 1.80. The molecule has 0 saturated heterocycles. The fraction of sp³-hybridized carbons (Fsp3) is 0.273. The number of aromatic nitrogens is 6. The van der Waals surface area contributed by atoms with E-state index in [1.807, 2.05) is 10.7 Å². The summed E-state index contributed by atoms with van der Waals surface area (Å²) in [5.74, 6) is 0.770. The number of nitrogens with one attached hydrogen (secondary N) is 1. The van der Waals surface area contributed by atoms with E-state index in [1.165, 1.54) is 6.33 Å². The third kappa shape index (κ3) is 1.57. The second kappa shape index (κ2) is 3.65. The standard InChI is InChI=1S/C11H12N6/c1-7(2)17-9(3-4-14-17)11-15-8-5-12-6-13-10(8)16-11/h3-7H,1-2H3,(H,12,13,15,16). The molecule has 86 valence electrons. The van der Waals surface area contributed by atoms with Crippen LogP contribution in [-0.4, -0.2) is 29.7 Å². The zero-order valence-electron chi connectivity index (χ0n) is 9.62. The first-order valence-corrected chi connectivity index (χ1v) is 5.45. The van der Waals surface area contributed by atoms with Crippen molar-refractivity contribution in [3.63, 3.8) is 0 Å². The number of hydrogen-bond donors (Lipinski definition) is 1. The molecule has 17 heavy (non-hydrogen) atoms. The Balaban J connectivity index is 2.17. The van der Waals surface area contributed by atoms with Gasteiger partial charge in [-0.3, -0.25) is 4.68 Å². The first-order chi connectivity index (χ1) is 8.25. The molecule has 6 nitrogen and oxygen atoms in total. The molecule has 3 aromatic heterocycles. The van der Waals surface area contributed by atoms with Gasteiger partial charge < -0.3 is 4.98 Å². The minimum atomic E-state index is 0.291. The Hall–Kier alpha value is -2.24. The highest BCUT2D eigenvalue weighted by Gasteiger charge is 2.12. The van der Waals surface area contributed by atoms with Crippen LogP contribution in [0.4, 0.5) is 0 Å². The summed E-state index contributed by atoms with van der Waals surface area (Å²) in [6, 6.07) is 2.23. The zero-order valence-corrected chi connectivity index (χ0v) is 9.62. The first-order valence-electron chi connectivity index (χ1n) is 5.45. The largest absolute Gasteiger partial charge is 0.334 e. The van der Waals surface area contributed by atoms with Crippen molar-refractivity contribution in [1.82, 2.24) is 29.7 Å². The van der Waals surface area contributed by atoms with Gasteiger partial charge in [-0.05, 0) is 19.9 Å². The second-order valence-corrected chi connectivity index (χ2v) is 4.10. The number of fused-ring (bicyclic) bond motifs is 1. The van der Waals surface area contributed by atoms with E-state index in [4.69, 9.17) is 0 Å². The molecular formula is C11H12N6. The molecule has 0 aliphatic carbocycles. The SMILES string of the molecule is CC(C)n1nccc1-c1nc2ncncc2[nH]1. The smallest absolute Gasteiger partial charge is 0.181 e. The molecule has 0 saturated carbocycles. The fourth-order valence-electron chi connectivity index (χ4n) is 1.80. The average molecular weight is 228 g/mol. The first kappa shape index (κ1) is 9.95. The predicted octanol–water partition coefficient (Wildman–Crippen LogP) is 1.80. The van der Waals surface area contributed by atoms with Gasteiger partial charge in [0.1, 0.15) is 17.5 Å². The molecule has 0 spiro atoms. The van der Waals surface area contributed by atoms with Crippen LogP contribution in [0, 0.1) is 0 Å². The molecule has 3 heterocycles. The Morgan fingerprint density at radius 1 is 1.35 bits per heavy atom. The lowest BCUT2D eigenvalue weighted by atomic mass is 10.3. The summed E-state index contributed by atoms with van der Waals surface area (Å²) in [5, 5.41) is 4.28. The predicted molar refractivity (Wildman–Crippen MR) is 63.3 cm³/mol. The molecule has 0 radical (unpaired) electrons. The van der Waals surface area contributed by atoms with Gasteiger partial charge in [-0.1, -0.05) is 0 Å². The number of hydrogen-bond acceptors (Lipinski definition) is 4. The molecule has 3 aromatic rings. The van der Waals surface area contributed by atoms with Gasteiger partial charge in [0.15, 0.2) is 11.5 Å². The highest BCUT2D eigenvalue weighted by atomic mass is 15.3. The van der Waals surface area contributed by atoms with Crippen LogP contribution in [0.3, 0.4) is 0 Å². The minimum Gasteiger partial charge on any atom is -0.334 e. The Morgan fingerprint density at radius 3 is 3.00 bits per heavy atom. The van der Waals surface area contributed by atoms with Crippen LogP contribution in [0.2, 0.25) is 0 Å². The third-order valence-electron chi connectivity index (χ3n) is 2.56. The van der Waals surface area contributed by atoms with E-state index < -0.39 is 0 Å². The van der Waals surface area contributed by atoms with E-state index in [-0.39, 0.29) is 0 Å². The molecule has 6 heteroatoms. The third-order valence-corrected chi connectivity index (χ3v) is 2.56. The molecule has 0 fully saturated rings. The number of aromatic amines is 1. The van der Waals surface area contributed by atoms with Crippen molar-refractivity contribution in [2.24, 2.45) is 0 Å². The van der Waals surface area contributed by atoms with Crippen molar-refractivity contribution < 1.29 is 0 Å². The van der Waals surface area contributed by atoms with E-state index in [2.05, 4.69) is 38.9 Å². The maximum Gasteiger partial charge on any atom is 0.181 e. The Labute approximate surface area is 97.7 Å². The van der Waals surface area contributed by atoms with Crippen molar-refractivity contribution in [2.45, 2.75) is 19.9 Å². The monoisotopic (exact) mass is 228 g/mol. The molecular weight excluding hydrogens is 216 g/mol. The van der Waals surface area contributed by atoms with Crippen molar-refractivity contribution in [2.75, 3.05) is 0 Å². The van der Waals surface area contributed by atoms with Crippen LogP contribution in [0.25, 0.3) is 22.7 Å². The minimum absolute atomic E-state index is 0.291. The van der Waals surface area contributed by atoms with E-state index >= 15 is 0 Å². The van der Waals surface area contributed by atoms with Gasteiger partial charge in [0, 0.05) is 12.2 Å². The highest BCUT2D eigenvalue weighted by Crippen LogP contribution is 2.20. The molecule has 0 aliphatic rings. The van der Waals surface area contributed by atoms with Crippen LogP contribution >= 0.6 is 0 Å². The van der Waals surface area contributed by atoms with Crippen molar-refractivity contribution in [3.05, 3.63) is 24.8 Å². The van der Waals surface area contributed by atoms with E-state index in [0.29, 0.717) is 11.7 Å². The summed E-state index contributed by atoms with van der Waals surface area (Å²) in [4.78, 5) is 15.7. The summed E-state index contributed by atoms with van der Waals surface area (Å²) in [7, 11) is 0. The normalized spacial score (nSPS) is 11.5. The molecule has 0 atom stereocenters. The lowest BCUT2D eigenvalue weighted by Crippen LogP contribution is -2.04. The van der Waals surface area contributed by atoms with Crippen LogP contribution < -0.4 is 0 Å². The Morgan fingerprint density at radius 2 is 2.24 bits per heavy atom. The van der Waals surface area contributed by atoms with E-state index in [9.17, 15) is 0 Å². The highest BCUT2D eigenvalue weighted by molar-refractivity contribution is 5.73. The van der Waals surface area contributed by atoms with Crippen molar-refractivity contribution in [1.29, 1.82) is 0 Å². The van der Waals surface area contributed by atoms with E-state index in [0.717, 1.165) is 17.0 Å². The topological polar surface area (TPSA) is 72.3 Å². The van der Waals surface area contributed by atoms with Crippen LogP contribution in [-0.2, 0) is 0 Å². The molecule has 0 unspecified atom stereocenters. The molecule has 1 N–H and O–H groups in total. The summed E-state index contributed by atoms with van der Waals surface area (Å²) in [5.41, 5.74) is 2.46. The van der Waals surface area contributed by atoms with Gasteiger partial charge in [-0.25, -0.2) is 15.0 Å². The second-order valence-electron chi connectivity index (χ2n) is 4.10. The summed E-state index contributed by atoms with van der Waals surface area (Å²) in [6.45, 7) is 4.16. The molecule has 0 aromatic carbocycles. The van der Waals surface area contributed by atoms with Gasteiger partial charge in [-0.2, -0.15) is 5.10 Å². The molecule has 0 bridgehead atoms. The summed E-state index contributed by atoms with van der Waals surface area (Å²) >= 11 is 0. The zero-order chi connectivity index (χ0) is 11.8. The lowest BCUT2D eigenvalue weighted by Gasteiger charge is -2.08. The number of imidazole rings is 1. The van der Waals surface area contributed by atoms with Crippen LogP contribution in [0.1, 0.15) is 19.9 Å². The maximum atomic E-state index is 4.43. The van der Waals surface area contributed by atoms with Gasteiger partial charge >= 0.3 is 0 Å². The number of H-pyrrole nitrogens is 1. The Bertz CT molecular complexity index is 618. The van der Waals surface area contributed by atoms with Gasteiger partial charge in [0.2, 0.25) is 0 Å². The summed E-state index contributed by atoms with van der Waals surface area (Å²) < 4.78 is 1.92. The molecule has 0 amide bonds.